The Hall–Kier alpha value is 0.0900. The van der Waals surface area contributed by atoms with E-state index in [-0.39, 0.29) is 5.41 Å². The van der Waals surface area contributed by atoms with Gasteiger partial charge >= 0.3 is 0 Å². The molecule has 0 aromatic heterocycles. The Labute approximate surface area is 119 Å². The molecule has 0 fully saturated rings. The summed E-state index contributed by atoms with van der Waals surface area (Å²) in [6, 6.07) is 7.88. The number of hydrogen-bond acceptors (Lipinski definition) is 0. The third-order valence-corrected chi connectivity index (χ3v) is 4.57. The highest BCUT2D eigenvalue weighted by Gasteiger charge is 2.31. The first-order chi connectivity index (χ1) is 8.20. The zero-order valence-corrected chi connectivity index (χ0v) is 12.5. The molecule has 17 heavy (non-hydrogen) atoms. The molecule has 0 nitrogen and oxygen atoms in total. The van der Waals surface area contributed by atoms with E-state index in [2.05, 4.69) is 6.92 Å². The van der Waals surface area contributed by atoms with E-state index in [1.165, 1.54) is 12.8 Å². The number of rotatable bonds is 7. The van der Waals surface area contributed by atoms with Crippen molar-refractivity contribution in [1.29, 1.82) is 0 Å². The maximum absolute atomic E-state index is 6.26. The van der Waals surface area contributed by atoms with Gasteiger partial charge < -0.3 is 0 Å². The molecule has 0 spiro atoms. The first kappa shape index (κ1) is 15.1. The largest absolute Gasteiger partial charge is 0.126 e. The quantitative estimate of drug-likeness (QED) is 0.451. The third kappa shape index (κ3) is 3.77. The Morgan fingerprint density at radius 1 is 1.06 bits per heavy atom. The molecule has 0 aliphatic rings. The molecular weight excluding hydrogens is 275 g/mol. The lowest BCUT2D eigenvalue weighted by Crippen LogP contribution is -2.31. The summed E-state index contributed by atoms with van der Waals surface area (Å²) >= 11 is 18.6. The van der Waals surface area contributed by atoms with Crippen molar-refractivity contribution in [3.05, 3.63) is 34.9 Å². The van der Waals surface area contributed by atoms with Gasteiger partial charge in [0, 0.05) is 22.2 Å². The summed E-state index contributed by atoms with van der Waals surface area (Å²) in [5.74, 6) is 1.04. The molecule has 0 amide bonds. The van der Waals surface area contributed by atoms with Gasteiger partial charge in [0.25, 0.3) is 0 Å². The molecule has 0 saturated heterocycles. The van der Waals surface area contributed by atoms with Crippen molar-refractivity contribution in [2.24, 2.45) is 0 Å². The van der Waals surface area contributed by atoms with Crippen LogP contribution in [0.2, 0.25) is 5.02 Å². The topological polar surface area (TPSA) is 0 Å². The molecule has 0 aliphatic heterocycles. The van der Waals surface area contributed by atoms with Crippen molar-refractivity contribution in [3.63, 3.8) is 0 Å². The Morgan fingerprint density at radius 3 is 2.24 bits per heavy atom. The average molecular weight is 294 g/mol. The van der Waals surface area contributed by atoms with Crippen molar-refractivity contribution in [2.45, 2.75) is 38.0 Å². The van der Waals surface area contributed by atoms with Crippen LogP contribution in [0, 0.1) is 0 Å². The molecule has 1 aromatic carbocycles. The summed E-state index contributed by atoms with van der Waals surface area (Å²) in [4.78, 5) is 0. The van der Waals surface area contributed by atoms with E-state index in [9.17, 15) is 0 Å². The van der Waals surface area contributed by atoms with Gasteiger partial charge in [0.15, 0.2) is 0 Å². The van der Waals surface area contributed by atoms with E-state index in [1.807, 2.05) is 24.3 Å². The Morgan fingerprint density at radius 2 is 1.71 bits per heavy atom. The molecule has 0 radical (unpaired) electrons. The van der Waals surface area contributed by atoms with Gasteiger partial charge in [0.05, 0.1) is 0 Å². The van der Waals surface area contributed by atoms with Gasteiger partial charge in [-0.2, -0.15) is 0 Å². The first-order valence-electron chi connectivity index (χ1n) is 6.07. The number of halogens is 3. The highest BCUT2D eigenvalue weighted by Crippen LogP contribution is 2.37. The zero-order valence-electron chi connectivity index (χ0n) is 10.2. The fourth-order valence-electron chi connectivity index (χ4n) is 2.05. The standard InChI is InChI=1S/C14H19Cl3/c1-2-3-6-9-14(10-15,11-16)12-7-4-5-8-13(12)17/h4-5,7-8H,2-3,6,9-11H2,1H3. The third-order valence-electron chi connectivity index (χ3n) is 3.22. The lowest BCUT2D eigenvalue weighted by molar-refractivity contribution is 0.461. The van der Waals surface area contributed by atoms with Crippen LogP contribution in [0.3, 0.4) is 0 Å². The summed E-state index contributed by atoms with van der Waals surface area (Å²) in [5.41, 5.74) is 0.902. The van der Waals surface area contributed by atoms with Crippen LogP contribution in [-0.2, 0) is 5.41 Å². The fourth-order valence-corrected chi connectivity index (χ4v) is 3.23. The van der Waals surface area contributed by atoms with Gasteiger partial charge in [-0.15, -0.1) is 23.2 Å². The SMILES string of the molecule is CCCCCC(CCl)(CCl)c1ccccc1Cl. The first-order valence-corrected chi connectivity index (χ1v) is 7.52. The number of alkyl halides is 2. The van der Waals surface area contributed by atoms with Crippen LogP contribution in [-0.4, -0.2) is 11.8 Å². The lowest BCUT2D eigenvalue weighted by Gasteiger charge is -2.31. The van der Waals surface area contributed by atoms with E-state index in [1.54, 1.807) is 0 Å². The molecule has 0 atom stereocenters. The normalized spacial score (nSPS) is 11.8. The highest BCUT2D eigenvalue weighted by molar-refractivity contribution is 6.32. The smallest absolute Gasteiger partial charge is 0.0444 e. The maximum Gasteiger partial charge on any atom is 0.0444 e. The molecule has 0 unspecified atom stereocenters. The highest BCUT2D eigenvalue weighted by atomic mass is 35.5. The Kier molecular flexibility index (Phi) is 6.69. The van der Waals surface area contributed by atoms with Gasteiger partial charge in [-0.3, -0.25) is 0 Å². The van der Waals surface area contributed by atoms with Crippen LogP contribution < -0.4 is 0 Å². The fraction of sp³-hybridized carbons (Fsp3) is 0.571. The van der Waals surface area contributed by atoms with Crippen LogP contribution in [0.4, 0.5) is 0 Å². The molecular formula is C14H19Cl3. The van der Waals surface area contributed by atoms with E-state index in [4.69, 9.17) is 34.8 Å². The van der Waals surface area contributed by atoms with Crippen LogP contribution in [0.25, 0.3) is 0 Å². The number of unbranched alkanes of at least 4 members (excludes halogenated alkanes) is 2. The maximum atomic E-state index is 6.26. The monoisotopic (exact) mass is 292 g/mol. The van der Waals surface area contributed by atoms with E-state index in [0.29, 0.717) is 11.8 Å². The van der Waals surface area contributed by atoms with E-state index < -0.39 is 0 Å². The van der Waals surface area contributed by atoms with Crippen molar-refractivity contribution >= 4 is 34.8 Å². The van der Waals surface area contributed by atoms with E-state index >= 15 is 0 Å². The molecule has 0 saturated carbocycles. The van der Waals surface area contributed by atoms with Crippen molar-refractivity contribution in [2.75, 3.05) is 11.8 Å². The summed E-state index contributed by atoms with van der Waals surface area (Å²) in [5, 5.41) is 0.769. The predicted molar refractivity (Wildman–Crippen MR) is 78.7 cm³/mol. The van der Waals surface area contributed by atoms with Gasteiger partial charge in [-0.25, -0.2) is 0 Å². The molecule has 3 heteroatoms. The summed E-state index contributed by atoms with van der Waals surface area (Å²) < 4.78 is 0. The van der Waals surface area contributed by atoms with Gasteiger partial charge in [-0.05, 0) is 18.1 Å². The van der Waals surface area contributed by atoms with Gasteiger partial charge in [-0.1, -0.05) is 56.0 Å². The minimum Gasteiger partial charge on any atom is -0.126 e. The van der Waals surface area contributed by atoms with Gasteiger partial charge in [0.2, 0.25) is 0 Å². The van der Waals surface area contributed by atoms with E-state index in [0.717, 1.165) is 23.4 Å². The second-order valence-corrected chi connectivity index (χ2v) is 5.43. The minimum absolute atomic E-state index is 0.184. The Bertz CT molecular complexity index is 332. The zero-order chi connectivity index (χ0) is 12.7. The molecule has 1 rings (SSSR count). The molecule has 0 aliphatic carbocycles. The average Bonchev–Trinajstić information content (AvgIpc) is 2.36. The molecule has 96 valence electrons. The summed E-state index contributed by atoms with van der Waals surface area (Å²) in [6.45, 7) is 2.19. The van der Waals surface area contributed by atoms with Crippen LogP contribution in [0.15, 0.2) is 24.3 Å². The molecule has 0 N–H and O–H groups in total. The van der Waals surface area contributed by atoms with Gasteiger partial charge in [0.1, 0.15) is 0 Å². The molecule has 1 aromatic rings. The van der Waals surface area contributed by atoms with Crippen LogP contribution in [0.5, 0.6) is 0 Å². The van der Waals surface area contributed by atoms with Crippen molar-refractivity contribution in [3.8, 4) is 0 Å². The molecule has 0 heterocycles. The van der Waals surface area contributed by atoms with Crippen LogP contribution in [0.1, 0.15) is 38.2 Å². The number of hydrogen-bond donors (Lipinski definition) is 0. The Balaban J connectivity index is 2.94. The van der Waals surface area contributed by atoms with Crippen molar-refractivity contribution < 1.29 is 0 Å². The second-order valence-electron chi connectivity index (χ2n) is 4.48. The number of benzene rings is 1. The second kappa shape index (κ2) is 7.51. The summed E-state index contributed by atoms with van der Waals surface area (Å²) in [7, 11) is 0. The predicted octanol–water partition coefficient (Wildman–Crippen LogP) is 5.64. The van der Waals surface area contributed by atoms with Crippen molar-refractivity contribution in [1.82, 2.24) is 0 Å². The lowest BCUT2D eigenvalue weighted by atomic mass is 9.79. The summed E-state index contributed by atoms with van der Waals surface area (Å²) in [6.07, 6.45) is 4.54. The minimum atomic E-state index is -0.184. The van der Waals surface area contributed by atoms with Crippen LogP contribution >= 0.6 is 34.8 Å². The molecule has 0 bridgehead atoms.